The molecule has 17 heavy (non-hydrogen) atoms. The van der Waals surface area contributed by atoms with Crippen LogP contribution < -0.4 is 10.5 Å². The molecule has 1 aromatic rings. The molecule has 92 valence electrons. The van der Waals surface area contributed by atoms with Gasteiger partial charge in [0.25, 0.3) is 0 Å². The van der Waals surface area contributed by atoms with Gasteiger partial charge in [0.2, 0.25) is 10.0 Å². The van der Waals surface area contributed by atoms with Crippen LogP contribution in [0.3, 0.4) is 0 Å². The van der Waals surface area contributed by atoms with E-state index in [9.17, 15) is 8.42 Å². The van der Waals surface area contributed by atoms with E-state index in [4.69, 9.17) is 11.0 Å². The molecule has 0 saturated carbocycles. The number of nitrogen functional groups attached to an aromatic ring is 1. The average Bonchev–Trinajstić information content (AvgIpc) is 2.23. The molecule has 0 spiro atoms. The van der Waals surface area contributed by atoms with Crippen molar-refractivity contribution in [2.24, 2.45) is 0 Å². The largest absolute Gasteiger partial charge is 0.397 e. The summed E-state index contributed by atoms with van der Waals surface area (Å²) >= 11 is 3.22. The van der Waals surface area contributed by atoms with Crippen LogP contribution in [0.2, 0.25) is 0 Å². The van der Waals surface area contributed by atoms with Gasteiger partial charge < -0.3 is 5.73 Å². The molecule has 1 unspecified atom stereocenters. The molecule has 0 saturated heterocycles. The lowest BCUT2D eigenvalue weighted by Crippen LogP contribution is -2.26. The van der Waals surface area contributed by atoms with Crippen LogP contribution in [-0.4, -0.2) is 13.7 Å². The molecule has 0 radical (unpaired) electrons. The van der Waals surface area contributed by atoms with Crippen LogP contribution in [-0.2, 0) is 10.0 Å². The van der Waals surface area contributed by atoms with Crippen molar-refractivity contribution in [3.63, 3.8) is 0 Å². The lowest BCUT2D eigenvalue weighted by Gasteiger charge is -2.13. The van der Waals surface area contributed by atoms with Gasteiger partial charge >= 0.3 is 0 Å². The first-order valence-corrected chi connectivity index (χ1v) is 7.21. The number of nitrogens with zero attached hydrogens (tertiary/aromatic N) is 1. The van der Waals surface area contributed by atoms with Gasteiger partial charge in [-0.1, -0.05) is 22.9 Å². The Morgan fingerprint density at radius 3 is 2.71 bits per heavy atom. The van der Waals surface area contributed by atoms with Crippen LogP contribution in [0, 0.1) is 11.3 Å². The van der Waals surface area contributed by atoms with Gasteiger partial charge in [-0.05, 0) is 24.6 Å². The van der Waals surface area contributed by atoms with Crippen molar-refractivity contribution in [1.82, 2.24) is 0 Å². The fourth-order valence-electron chi connectivity index (χ4n) is 1.23. The van der Waals surface area contributed by atoms with Crippen molar-refractivity contribution in [3.8, 4) is 6.07 Å². The summed E-state index contributed by atoms with van der Waals surface area (Å²) < 4.78 is 26.7. The zero-order valence-corrected chi connectivity index (χ0v) is 11.5. The summed E-state index contributed by atoms with van der Waals surface area (Å²) in [6, 6.07) is 6.54. The van der Waals surface area contributed by atoms with E-state index in [0.29, 0.717) is 5.69 Å². The van der Waals surface area contributed by atoms with Gasteiger partial charge in [-0.25, -0.2) is 8.42 Å². The fraction of sp³-hybridized carbons (Fsp3) is 0.300. The summed E-state index contributed by atoms with van der Waals surface area (Å²) in [4.78, 5) is 0. The SMILES string of the molecule is CCC(C#N)S(=O)(=O)Nc1ccc(Br)cc1N. The maximum Gasteiger partial charge on any atom is 0.249 e. The van der Waals surface area contributed by atoms with Gasteiger partial charge in [0.15, 0.2) is 5.25 Å². The average molecular weight is 318 g/mol. The van der Waals surface area contributed by atoms with Gasteiger partial charge in [0.1, 0.15) is 0 Å². The molecular formula is C10H12BrN3O2S. The predicted octanol–water partition coefficient (Wildman–Crippen LogP) is 2.08. The number of rotatable bonds is 4. The van der Waals surface area contributed by atoms with Gasteiger partial charge in [-0.2, -0.15) is 5.26 Å². The normalized spacial score (nSPS) is 12.8. The fourth-order valence-corrected chi connectivity index (χ4v) is 2.82. The van der Waals surface area contributed by atoms with Crippen LogP contribution in [0.5, 0.6) is 0 Å². The van der Waals surface area contributed by atoms with E-state index in [-0.39, 0.29) is 12.1 Å². The Hall–Kier alpha value is -1.26. The highest BCUT2D eigenvalue weighted by Crippen LogP contribution is 2.24. The third-order valence-electron chi connectivity index (χ3n) is 2.16. The number of hydrogen-bond acceptors (Lipinski definition) is 4. The van der Waals surface area contributed by atoms with E-state index >= 15 is 0 Å². The second kappa shape index (κ2) is 5.38. The minimum absolute atomic E-state index is 0.224. The molecule has 0 fully saturated rings. The summed E-state index contributed by atoms with van der Waals surface area (Å²) in [5, 5.41) is 7.67. The van der Waals surface area contributed by atoms with Gasteiger partial charge in [0, 0.05) is 4.47 Å². The quantitative estimate of drug-likeness (QED) is 0.831. The molecule has 0 aromatic heterocycles. The van der Waals surface area contributed by atoms with Crippen molar-refractivity contribution in [2.45, 2.75) is 18.6 Å². The number of halogens is 1. The Balaban J connectivity index is 3.03. The van der Waals surface area contributed by atoms with Crippen LogP contribution >= 0.6 is 15.9 Å². The van der Waals surface area contributed by atoms with E-state index in [2.05, 4.69) is 20.7 Å². The van der Waals surface area contributed by atoms with Crippen LogP contribution in [0.1, 0.15) is 13.3 Å². The van der Waals surface area contributed by atoms with Crippen LogP contribution in [0.15, 0.2) is 22.7 Å². The second-order valence-corrected chi connectivity index (χ2v) is 6.18. The lowest BCUT2D eigenvalue weighted by atomic mass is 10.3. The minimum atomic E-state index is -3.72. The van der Waals surface area contributed by atoms with Crippen molar-refractivity contribution >= 4 is 37.3 Å². The molecule has 0 aliphatic carbocycles. The van der Waals surface area contributed by atoms with Gasteiger partial charge in [0.05, 0.1) is 17.4 Å². The molecule has 0 aliphatic rings. The Labute approximate surface area is 109 Å². The summed E-state index contributed by atoms with van der Waals surface area (Å²) in [5.74, 6) is 0. The predicted molar refractivity (Wildman–Crippen MR) is 70.8 cm³/mol. The molecule has 0 heterocycles. The second-order valence-electron chi connectivity index (χ2n) is 3.40. The Bertz CT molecular complexity index is 551. The monoisotopic (exact) mass is 317 g/mol. The molecular weight excluding hydrogens is 306 g/mol. The number of hydrogen-bond donors (Lipinski definition) is 2. The highest BCUT2D eigenvalue weighted by atomic mass is 79.9. The van der Waals surface area contributed by atoms with Crippen molar-refractivity contribution in [3.05, 3.63) is 22.7 Å². The summed E-state index contributed by atoms with van der Waals surface area (Å²) in [7, 11) is -3.72. The summed E-state index contributed by atoms with van der Waals surface area (Å²) in [6.45, 7) is 1.64. The summed E-state index contributed by atoms with van der Waals surface area (Å²) in [5.41, 5.74) is 6.25. The van der Waals surface area contributed by atoms with E-state index in [1.165, 1.54) is 0 Å². The third-order valence-corrected chi connectivity index (χ3v) is 4.34. The zero-order valence-electron chi connectivity index (χ0n) is 9.14. The first-order valence-electron chi connectivity index (χ1n) is 4.87. The van der Waals surface area contributed by atoms with Gasteiger partial charge in [-0.3, -0.25) is 4.72 Å². The minimum Gasteiger partial charge on any atom is -0.397 e. The van der Waals surface area contributed by atoms with E-state index in [1.54, 1.807) is 31.2 Å². The van der Waals surface area contributed by atoms with Crippen molar-refractivity contribution < 1.29 is 8.42 Å². The Kier molecular flexibility index (Phi) is 4.37. The molecule has 1 atom stereocenters. The van der Waals surface area contributed by atoms with Gasteiger partial charge in [-0.15, -0.1) is 0 Å². The zero-order chi connectivity index (χ0) is 13.1. The highest BCUT2D eigenvalue weighted by molar-refractivity contribution is 9.10. The third kappa shape index (κ3) is 3.35. The number of benzene rings is 1. The lowest BCUT2D eigenvalue weighted by molar-refractivity contribution is 0.593. The standard InChI is InChI=1S/C10H12BrN3O2S/c1-2-8(6-12)17(15,16)14-10-4-3-7(11)5-9(10)13/h3-5,8,14H,2,13H2,1H3. The van der Waals surface area contributed by atoms with Crippen molar-refractivity contribution in [2.75, 3.05) is 10.5 Å². The van der Waals surface area contributed by atoms with E-state index < -0.39 is 15.3 Å². The topological polar surface area (TPSA) is 96.0 Å². The number of sulfonamides is 1. The van der Waals surface area contributed by atoms with E-state index in [0.717, 1.165) is 4.47 Å². The maximum atomic E-state index is 11.8. The first-order chi connectivity index (χ1) is 7.90. The molecule has 7 heteroatoms. The molecule has 5 nitrogen and oxygen atoms in total. The highest BCUT2D eigenvalue weighted by Gasteiger charge is 2.23. The van der Waals surface area contributed by atoms with Crippen molar-refractivity contribution in [1.29, 1.82) is 5.26 Å². The molecule has 3 N–H and O–H groups in total. The summed E-state index contributed by atoms with van der Waals surface area (Å²) in [6.07, 6.45) is 0.224. The Morgan fingerprint density at radius 2 is 2.24 bits per heavy atom. The molecule has 1 rings (SSSR count). The maximum absolute atomic E-state index is 11.8. The number of nitriles is 1. The molecule has 0 amide bonds. The Morgan fingerprint density at radius 1 is 1.59 bits per heavy atom. The number of nitrogens with one attached hydrogen (secondary N) is 1. The number of nitrogens with two attached hydrogens (primary N) is 1. The van der Waals surface area contributed by atoms with Crippen LogP contribution in [0.25, 0.3) is 0 Å². The first kappa shape index (κ1) is 13.8. The number of anilines is 2. The molecule has 0 bridgehead atoms. The molecule has 1 aromatic carbocycles. The van der Waals surface area contributed by atoms with E-state index in [1.807, 2.05) is 0 Å². The smallest absolute Gasteiger partial charge is 0.249 e. The molecule has 0 aliphatic heterocycles. The van der Waals surface area contributed by atoms with Crippen LogP contribution in [0.4, 0.5) is 11.4 Å².